The largest absolute Gasteiger partial charge is 0.458 e. The molecule has 0 saturated heterocycles. The molecule has 4 aliphatic carbocycles. The lowest BCUT2D eigenvalue weighted by Gasteiger charge is -2.63. The summed E-state index contributed by atoms with van der Waals surface area (Å²) >= 11 is 0. The summed E-state index contributed by atoms with van der Waals surface area (Å²) in [6.07, 6.45) is 6.57. The van der Waals surface area contributed by atoms with Gasteiger partial charge in [0.15, 0.2) is 0 Å². The molecule has 0 bridgehead atoms. The molecule has 5 rings (SSSR count). The van der Waals surface area contributed by atoms with Crippen molar-refractivity contribution in [3.05, 3.63) is 11.6 Å². The van der Waals surface area contributed by atoms with Gasteiger partial charge in [0, 0.05) is 16.9 Å². The Bertz CT molecular complexity index is 762. The van der Waals surface area contributed by atoms with Crippen LogP contribution in [0.4, 0.5) is 0 Å². The molecule has 0 amide bonds. The number of aliphatic hydroxyl groups is 3. The number of carbonyl (C=O) groups excluding carboxylic acids is 2. The van der Waals surface area contributed by atoms with Gasteiger partial charge in [-0.15, -0.1) is 0 Å². The van der Waals surface area contributed by atoms with Crippen molar-refractivity contribution in [2.75, 3.05) is 6.61 Å². The van der Waals surface area contributed by atoms with Crippen LogP contribution in [-0.2, 0) is 14.3 Å². The van der Waals surface area contributed by atoms with E-state index in [0.29, 0.717) is 25.9 Å². The SMILES string of the molecule is C[C@]12CC[C@H]3[C@@H](CC[C@H]4C[C@@H](O)[C@H](O)C[C@@]43C=O)[C@@]1(O)CC[C@@H]2C1=CC(=O)OC1. The van der Waals surface area contributed by atoms with Crippen molar-refractivity contribution in [3.63, 3.8) is 0 Å². The van der Waals surface area contributed by atoms with Gasteiger partial charge in [0.05, 0.1) is 17.8 Å². The first-order chi connectivity index (χ1) is 13.7. The minimum atomic E-state index is -0.880. The minimum Gasteiger partial charge on any atom is -0.458 e. The van der Waals surface area contributed by atoms with Crippen LogP contribution in [0.15, 0.2) is 11.6 Å². The lowest BCUT2D eigenvalue weighted by Crippen LogP contribution is -2.64. The van der Waals surface area contributed by atoms with E-state index in [1.54, 1.807) is 6.08 Å². The number of hydrogen-bond donors (Lipinski definition) is 3. The number of aliphatic hydroxyl groups excluding tert-OH is 2. The highest BCUT2D eigenvalue weighted by Crippen LogP contribution is 2.69. The van der Waals surface area contributed by atoms with Gasteiger partial charge in [-0.2, -0.15) is 0 Å². The number of rotatable bonds is 2. The van der Waals surface area contributed by atoms with E-state index in [-0.39, 0.29) is 35.1 Å². The highest BCUT2D eigenvalue weighted by atomic mass is 16.5. The standard InChI is InChI=1S/C23H32O6/c1-21-6-4-16-17(3-2-14-9-18(25)19(26)10-22(14,16)12-24)23(21,28)7-5-15(21)13-8-20(27)29-11-13/h8,12,14-19,25-26,28H,2-7,9-11H2,1H3/t14-,15+,16-,17+,18+,19+,21+,22+,23-/m0/s1. The Kier molecular flexibility index (Phi) is 4.34. The normalized spacial score (nSPS) is 54.1. The molecule has 0 unspecified atom stereocenters. The fourth-order valence-electron chi connectivity index (χ4n) is 8.31. The van der Waals surface area contributed by atoms with Gasteiger partial charge in [0.1, 0.15) is 12.9 Å². The average molecular weight is 405 g/mol. The Morgan fingerprint density at radius 2 is 1.90 bits per heavy atom. The van der Waals surface area contributed by atoms with E-state index < -0.39 is 23.2 Å². The van der Waals surface area contributed by atoms with Crippen molar-refractivity contribution in [2.45, 2.75) is 76.1 Å². The zero-order valence-electron chi connectivity index (χ0n) is 17.0. The summed E-state index contributed by atoms with van der Waals surface area (Å²) in [5, 5.41) is 32.7. The lowest BCUT2D eigenvalue weighted by molar-refractivity contribution is -0.216. The molecule has 0 aromatic rings. The molecule has 1 heterocycles. The van der Waals surface area contributed by atoms with Crippen LogP contribution in [0.3, 0.4) is 0 Å². The van der Waals surface area contributed by atoms with Crippen molar-refractivity contribution in [3.8, 4) is 0 Å². The third-order valence-electron chi connectivity index (χ3n) is 9.81. The monoisotopic (exact) mass is 404 g/mol. The van der Waals surface area contributed by atoms with Crippen LogP contribution >= 0.6 is 0 Å². The molecule has 5 aliphatic rings. The van der Waals surface area contributed by atoms with Crippen LogP contribution < -0.4 is 0 Å². The molecule has 9 atom stereocenters. The van der Waals surface area contributed by atoms with Crippen LogP contribution in [0.1, 0.15) is 58.3 Å². The summed E-state index contributed by atoms with van der Waals surface area (Å²) in [6, 6.07) is 0. The van der Waals surface area contributed by atoms with E-state index in [2.05, 4.69) is 6.92 Å². The zero-order chi connectivity index (χ0) is 20.6. The van der Waals surface area contributed by atoms with Crippen LogP contribution in [-0.4, -0.2) is 52.0 Å². The Morgan fingerprint density at radius 1 is 1.10 bits per heavy atom. The number of ether oxygens (including phenoxy) is 1. The molecule has 0 aromatic carbocycles. The number of esters is 1. The summed E-state index contributed by atoms with van der Waals surface area (Å²) in [5.74, 6) is -0.0400. The Labute approximate surface area is 171 Å². The molecule has 0 radical (unpaired) electrons. The fraction of sp³-hybridized carbons (Fsp3) is 0.826. The number of fused-ring (bicyclic) bond motifs is 5. The average Bonchev–Trinajstić information content (AvgIpc) is 3.23. The molecule has 0 aromatic heterocycles. The second-order valence-corrected chi connectivity index (χ2v) is 10.6. The van der Waals surface area contributed by atoms with Gasteiger partial charge in [-0.25, -0.2) is 4.79 Å². The molecule has 0 spiro atoms. The topological polar surface area (TPSA) is 104 Å². The molecule has 3 N–H and O–H groups in total. The van der Waals surface area contributed by atoms with E-state index in [4.69, 9.17) is 4.74 Å². The van der Waals surface area contributed by atoms with Crippen LogP contribution in [0.2, 0.25) is 0 Å². The second kappa shape index (κ2) is 6.38. The van der Waals surface area contributed by atoms with Gasteiger partial charge in [-0.3, -0.25) is 0 Å². The summed E-state index contributed by atoms with van der Waals surface area (Å²) in [4.78, 5) is 24.1. The predicted octanol–water partition coefficient (Wildman–Crippen LogP) is 1.75. The molecule has 29 heavy (non-hydrogen) atoms. The Hall–Kier alpha value is -1.24. The zero-order valence-corrected chi connectivity index (χ0v) is 17.0. The molecule has 4 saturated carbocycles. The highest BCUT2D eigenvalue weighted by molar-refractivity contribution is 5.85. The van der Waals surface area contributed by atoms with Crippen molar-refractivity contribution < 1.29 is 29.6 Å². The van der Waals surface area contributed by atoms with E-state index in [0.717, 1.165) is 44.0 Å². The summed E-state index contributed by atoms with van der Waals surface area (Å²) < 4.78 is 5.16. The lowest BCUT2D eigenvalue weighted by atomic mass is 9.43. The van der Waals surface area contributed by atoms with Gasteiger partial charge in [-0.05, 0) is 80.6 Å². The smallest absolute Gasteiger partial charge is 0.331 e. The van der Waals surface area contributed by atoms with Crippen LogP contribution in [0.5, 0.6) is 0 Å². The Balaban J connectivity index is 1.50. The van der Waals surface area contributed by atoms with Gasteiger partial charge in [0.2, 0.25) is 0 Å². The molecule has 160 valence electrons. The maximum Gasteiger partial charge on any atom is 0.331 e. The first kappa shape index (κ1) is 19.7. The summed E-state index contributed by atoms with van der Waals surface area (Å²) in [5.41, 5.74) is -0.864. The molecule has 6 nitrogen and oxygen atoms in total. The third-order valence-corrected chi connectivity index (χ3v) is 9.81. The molecular weight excluding hydrogens is 372 g/mol. The summed E-state index contributed by atoms with van der Waals surface area (Å²) in [6.45, 7) is 2.48. The maximum atomic E-state index is 12.5. The van der Waals surface area contributed by atoms with Gasteiger partial charge < -0.3 is 24.9 Å². The fourth-order valence-corrected chi connectivity index (χ4v) is 8.31. The van der Waals surface area contributed by atoms with Crippen molar-refractivity contribution >= 4 is 12.3 Å². The van der Waals surface area contributed by atoms with Gasteiger partial charge in [0.25, 0.3) is 0 Å². The molecule has 4 fully saturated rings. The van der Waals surface area contributed by atoms with Crippen molar-refractivity contribution in [1.82, 2.24) is 0 Å². The number of aldehydes is 1. The summed E-state index contributed by atoms with van der Waals surface area (Å²) in [7, 11) is 0. The number of carbonyl (C=O) groups is 2. The predicted molar refractivity (Wildman–Crippen MR) is 104 cm³/mol. The quantitative estimate of drug-likeness (QED) is 0.479. The van der Waals surface area contributed by atoms with E-state index >= 15 is 0 Å². The van der Waals surface area contributed by atoms with Crippen LogP contribution in [0, 0.1) is 34.5 Å². The van der Waals surface area contributed by atoms with Crippen molar-refractivity contribution in [2.24, 2.45) is 34.5 Å². The molecule has 1 aliphatic heterocycles. The highest BCUT2D eigenvalue weighted by Gasteiger charge is 2.69. The second-order valence-electron chi connectivity index (χ2n) is 10.6. The first-order valence-electron chi connectivity index (χ1n) is 11.2. The number of hydrogen-bond acceptors (Lipinski definition) is 6. The number of cyclic esters (lactones) is 1. The third kappa shape index (κ3) is 2.45. The Morgan fingerprint density at radius 3 is 2.59 bits per heavy atom. The molecule has 6 heteroatoms. The van der Waals surface area contributed by atoms with Crippen molar-refractivity contribution in [1.29, 1.82) is 0 Å². The first-order valence-corrected chi connectivity index (χ1v) is 11.2. The van der Waals surface area contributed by atoms with E-state index in [1.165, 1.54) is 0 Å². The van der Waals surface area contributed by atoms with Crippen LogP contribution in [0.25, 0.3) is 0 Å². The van der Waals surface area contributed by atoms with Gasteiger partial charge >= 0.3 is 5.97 Å². The maximum absolute atomic E-state index is 12.5. The minimum absolute atomic E-state index is 0.00812. The van der Waals surface area contributed by atoms with E-state index in [9.17, 15) is 24.9 Å². The van der Waals surface area contributed by atoms with Gasteiger partial charge in [-0.1, -0.05) is 6.92 Å². The molecular formula is C23H32O6. The van der Waals surface area contributed by atoms with E-state index in [1.807, 2.05) is 0 Å².